The second kappa shape index (κ2) is 7.70. The lowest BCUT2D eigenvalue weighted by molar-refractivity contribution is 0.0223. The Bertz CT molecular complexity index is 575. The van der Waals surface area contributed by atoms with Gasteiger partial charge in [-0.05, 0) is 45.6 Å². The third-order valence-electron chi connectivity index (χ3n) is 5.55. The highest BCUT2D eigenvalue weighted by atomic mass is 16.5. The smallest absolute Gasteiger partial charge is 0.255 e. The molecule has 1 amide bonds. The second-order valence-corrected chi connectivity index (χ2v) is 7.20. The van der Waals surface area contributed by atoms with Crippen LogP contribution in [0, 0.1) is 19.8 Å². The number of carbonyl (C=O) groups is 1. The lowest BCUT2D eigenvalue weighted by atomic mass is 9.96. The largest absolute Gasteiger partial charge is 0.379 e. The molecule has 2 aliphatic rings. The summed E-state index contributed by atoms with van der Waals surface area (Å²) in [4.78, 5) is 17.6. The Balaban J connectivity index is 1.64. The van der Waals surface area contributed by atoms with Crippen LogP contribution in [0.5, 0.6) is 0 Å². The maximum absolute atomic E-state index is 13.0. The van der Waals surface area contributed by atoms with Gasteiger partial charge in [0, 0.05) is 50.7 Å². The summed E-state index contributed by atoms with van der Waals surface area (Å²) in [7, 11) is 0. The molecule has 2 fully saturated rings. The van der Waals surface area contributed by atoms with Crippen LogP contribution in [0.3, 0.4) is 0 Å². The van der Waals surface area contributed by atoms with Crippen molar-refractivity contribution in [2.75, 3.05) is 45.9 Å². The molecule has 2 saturated heterocycles. The highest BCUT2D eigenvalue weighted by molar-refractivity contribution is 5.95. The van der Waals surface area contributed by atoms with Gasteiger partial charge >= 0.3 is 0 Å². The minimum atomic E-state index is 0.217. The first-order valence-corrected chi connectivity index (χ1v) is 9.36. The van der Waals surface area contributed by atoms with Crippen molar-refractivity contribution in [1.82, 2.24) is 14.4 Å². The van der Waals surface area contributed by atoms with Gasteiger partial charge in [-0.15, -0.1) is 0 Å². The van der Waals surface area contributed by atoms with Crippen LogP contribution in [0.15, 0.2) is 6.07 Å². The molecule has 0 unspecified atom stereocenters. The Hall–Kier alpha value is -1.33. The predicted molar refractivity (Wildman–Crippen MR) is 95.5 cm³/mol. The monoisotopic (exact) mass is 333 g/mol. The van der Waals surface area contributed by atoms with Gasteiger partial charge in [-0.2, -0.15) is 0 Å². The number of likely N-dealkylation sites (tertiary alicyclic amines) is 1. The van der Waals surface area contributed by atoms with Crippen LogP contribution in [0.1, 0.15) is 41.5 Å². The minimum Gasteiger partial charge on any atom is -0.379 e. The van der Waals surface area contributed by atoms with Gasteiger partial charge in [-0.25, -0.2) is 0 Å². The summed E-state index contributed by atoms with van der Waals surface area (Å²) in [6.45, 7) is 13.9. The first kappa shape index (κ1) is 17.5. The summed E-state index contributed by atoms with van der Waals surface area (Å²) in [5, 5.41) is 0. The van der Waals surface area contributed by atoms with Gasteiger partial charge in [-0.1, -0.05) is 0 Å². The van der Waals surface area contributed by atoms with Crippen molar-refractivity contribution in [3.05, 3.63) is 23.0 Å². The maximum atomic E-state index is 13.0. The zero-order chi connectivity index (χ0) is 17.1. The average Bonchev–Trinajstić information content (AvgIpc) is 2.89. The molecule has 3 heterocycles. The molecule has 0 aromatic carbocycles. The second-order valence-electron chi connectivity index (χ2n) is 7.20. The van der Waals surface area contributed by atoms with E-state index in [4.69, 9.17) is 4.74 Å². The van der Waals surface area contributed by atoms with E-state index in [9.17, 15) is 4.79 Å². The number of hydrogen-bond acceptors (Lipinski definition) is 3. The van der Waals surface area contributed by atoms with E-state index in [0.29, 0.717) is 5.92 Å². The quantitative estimate of drug-likeness (QED) is 0.849. The molecular formula is C19H31N3O2. The molecule has 0 bridgehead atoms. The number of ether oxygens (including phenoxy) is 1. The van der Waals surface area contributed by atoms with Crippen LogP contribution in [0.4, 0.5) is 0 Å². The van der Waals surface area contributed by atoms with E-state index in [2.05, 4.69) is 41.2 Å². The molecule has 5 nitrogen and oxygen atoms in total. The van der Waals surface area contributed by atoms with Crippen molar-refractivity contribution in [1.29, 1.82) is 0 Å². The molecule has 1 atom stereocenters. The van der Waals surface area contributed by atoms with Crippen LogP contribution >= 0.6 is 0 Å². The van der Waals surface area contributed by atoms with Crippen LogP contribution in [0.2, 0.25) is 0 Å². The van der Waals surface area contributed by atoms with E-state index < -0.39 is 0 Å². The molecule has 1 aromatic rings. The normalized spacial score (nSPS) is 22.8. The number of nitrogens with zero attached hydrogens (tertiary/aromatic N) is 3. The van der Waals surface area contributed by atoms with Gasteiger partial charge in [0.25, 0.3) is 5.91 Å². The van der Waals surface area contributed by atoms with Crippen LogP contribution in [0.25, 0.3) is 0 Å². The van der Waals surface area contributed by atoms with Crippen molar-refractivity contribution in [2.45, 2.75) is 40.2 Å². The molecule has 2 aliphatic heterocycles. The summed E-state index contributed by atoms with van der Waals surface area (Å²) in [6.07, 6.45) is 2.35. The molecule has 0 N–H and O–H groups in total. The molecule has 24 heavy (non-hydrogen) atoms. The van der Waals surface area contributed by atoms with Gasteiger partial charge in [0.05, 0.1) is 18.8 Å². The lowest BCUT2D eigenvalue weighted by Gasteiger charge is -2.36. The third kappa shape index (κ3) is 3.67. The van der Waals surface area contributed by atoms with E-state index in [0.717, 1.165) is 70.2 Å². The summed E-state index contributed by atoms with van der Waals surface area (Å²) in [5.41, 5.74) is 3.18. The zero-order valence-corrected chi connectivity index (χ0v) is 15.4. The van der Waals surface area contributed by atoms with E-state index in [1.165, 1.54) is 12.1 Å². The number of aromatic nitrogens is 1. The number of piperidine rings is 1. The number of rotatable bonds is 4. The molecule has 134 valence electrons. The molecule has 0 radical (unpaired) electrons. The number of amides is 1. The van der Waals surface area contributed by atoms with Crippen molar-refractivity contribution < 1.29 is 9.53 Å². The van der Waals surface area contributed by atoms with Gasteiger partial charge in [0.2, 0.25) is 0 Å². The Morgan fingerprint density at radius 1 is 1.25 bits per heavy atom. The Kier molecular flexibility index (Phi) is 5.61. The number of aryl methyl sites for hydroxylation is 1. The summed E-state index contributed by atoms with van der Waals surface area (Å²) in [6, 6.07) is 2.06. The van der Waals surface area contributed by atoms with E-state index in [-0.39, 0.29) is 5.91 Å². The van der Waals surface area contributed by atoms with E-state index in [1.807, 2.05) is 0 Å². The minimum absolute atomic E-state index is 0.217. The number of carbonyl (C=O) groups excluding carboxylic acids is 1. The predicted octanol–water partition coefficient (Wildman–Crippen LogP) is 2.31. The van der Waals surface area contributed by atoms with Gasteiger partial charge in [-0.3, -0.25) is 9.69 Å². The van der Waals surface area contributed by atoms with Crippen molar-refractivity contribution in [3.8, 4) is 0 Å². The standard InChI is InChI=1S/C19H31N3O2/c1-4-22-15(2)12-18(16(22)3)19(23)21-7-5-6-17(14-21)13-20-8-10-24-11-9-20/h12,17H,4-11,13-14H2,1-3H3/t17-/m1/s1. The van der Waals surface area contributed by atoms with Crippen LogP contribution in [-0.2, 0) is 11.3 Å². The molecule has 0 aliphatic carbocycles. The van der Waals surface area contributed by atoms with Crippen molar-refractivity contribution in [2.24, 2.45) is 5.92 Å². The maximum Gasteiger partial charge on any atom is 0.255 e. The SMILES string of the molecule is CCn1c(C)cc(C(=O)N2CCC[C@H](CN3CCOCC3)C2)c1C. The summed E-state index contributed by atoms with van der Waals surface area (Å²) in [5.74, 6) is 0.810. The fourth-order valence-electron chi connectivity index (χ4n) is 4.22. The van der Waals surface area contributed by atoms with E-state index >= 15 is 0 Å². The number of hydrogen-bond donors (Lipinski definition) is 0. The first-order valence-electron chi connectivity index (χ1n) is 9.36. The summed E-state index contributed by atoms with van der Waals surface area (Å²) >= 11 is 0. The van der Waals surface area contributed by atoms with Gasteiger partial charge in [0.1, 0.15) is 0 Å². The highest BCUT2D eigenvalue weighted by Crippen LogP contribution is 2.23. The lowest BCUT2D eigenvalue weighted by Crippen LogP contribution is -2.46. The molecule has 3 rings (SSSR count). The topological polar surface area (TPSA) is 37.7 Å². The van der Waals surface area contributed by atoms with Crippen LogP contribution in [-0.4, -0.2) is 66.2 Å². The molecule has 0 saturated carbocycles. The van der Waals surface area contributed by atoms with Gasteiger partial charge < -0.3 is 14.2 Å². The Morgan fingerprint density at radius 2 is 2.00 bits per heavy atom. The molecule has 1 aromatic heterocycles. The molecule has 0 spiro atoms. The number of morpholine rings is 1. The fourth-order valence-corrected chi connectivity index (χ4v) is 4.22. The zero-order valence-electron chi connectivity index (χ0n) is 15.4. The van der Waals surface area contributed by atoms with Gasteiger partial charge in [0.15, 0.2) is 0 Å². The van der Waals surface area contributed by atoms with E-state index in [1.54, 1.807) is 0 Å². The first-order chi connectivity index (χ1) is 11.6. The Morgan fingerprint density at radius 3 is 2.67 bits per heavy atom. The third-order valence-corrected chi connectivity index (χ3v) is 5.55. The highest BCUT2D eigenvalue weighted by Gasteiger charge is 2.28. The average molecular weight is 333 g/mol. The molecule has 5 heteroatoms. The Labute approximate surface area is 145 Å². The fraction of sp³-hybridized carbons (Fsp3) is 0.737. The van der Waals surface area contributed by atoms with Crippen molar-refractivity contribution >= 4 is 5.91 Å². The van der Waals surface area contributed by atoms with Crippen LogP contribution < -0.4 is 0 Å². The van der Waals surface area contributed by atoms with Crippen molar-refractivity contribution in [3.63, 3.8) is 0 Å². The summed E-state index contributed by atoms with van der Waals surface area (Å²) < 4.78 is 7.66. The molecular weight excluding hydrogens is 302 g/mol.